The number of carbonyl (C=O) groups excluding carboxylic acids is 1. The maximum absolute atomic E-state index is 12.0. The van der Waals surface area contributed by atoms with E-state index in [9.17, 15) is 4.79 Å². The molecule has 0 atom stereocenters. The van der Waals surface area contributed by atoms with Crippen LogP contribution in [0.15, 0.2) is 24.3 Å². The highest BCUT2D eigenvalue weighted by molar-refractivity contribution is 6.30. The van der Waals surface area contributed by atoms with Crippen LogP contribution in [0.3, 0.4) is 0 Å². The molecule has 98 valence electrons. The highest BCUT2D eigenvalue weighted by atomic mass is 35.5. The van der Waals surface area contributed by atoms with Crippen molar-refractivity contribution in [3.8, 4) is 0 Å². The number of likely N-dealkylation sites (tertiary alicyclic amines) is 1. The van der Waals surface area contributed by atoms with Crippen LogP contribution < -0.4 is 5.32 Å². The van der Waals surface area contributed by atoms with Gasteiger partial charge in [-0.05, 0) is 50.7 Å². The fourth-order valence-electron chi connectivity index (χ4n) is 2.21. The monoisotopic (exact) mass is 266 g/mol. The molecule has 0 aromatic heterocycles. The first kappa shape index (κ1) is 13.4. The Hall–Kier alpha value is -1.06. The Labute approximate surface area is 113 Å². The first-order valence-corrected chi connectivity index (χ1v) is 6.73. The average molecular weight is 267 g/mol. The van der Waals surface area contributed by atoms with Crippen molar-refractivity contribution in [2.24, 2.45) is 5.92 Å². The third-order valence-corrected chi connectivity index (χ3v) is 3.72. The molecule has 1 heterocycles. The lowest BCUT2D eigenvalue weighted by Gasteiger charge is -2.28. The van der Waals surface area contributed by atoms with E-state index in [1.165, 1.54) is 0 Å². The zero-order valence-electron chi connectivity index (χ0n) is 10.7. The van der Waals surface area contributed by atoms with Gasteiger partial charge in [-0.25, -0.2) is 0 Å². The SMILES string of the molecule is CN1CCC(C(=O)NCc2ccc(Cl)cc2)CC1. The first-order valence-electron chi connectivity index (χ1n) is 6.36. The lowest BCUT2D eigenvalue weighted by Crippen LogP contribution is -2.38. The molecule has 0 aliphatic carbocycles. The number of benzene rings is 1. The Morgan fingerprint density at radius 2 is 1.94 bits per heavy atom. The standard InChI is InChI=1S/C14H19ClN2O/c1-17-8-6-12(7-9-17)14(18)16-10-11-2-4-13(15)5-3-11/h2-5,12H,6-10H2,1H3,(H,16,18). The van der Waals surface area contributed by atoms with Crippen molar-refractivity contribution in [1.82, 2.24) is 10.2 Å². The molecule has 0 spiro atoms. The third kappa shape index (κ3) is 3.72. The second-order valence-corrected chi connectivity index (χ2v) is 5.36. The van der Waals surface area contributed by atoms with Crippen LogP contribution in [0.25, 0.3) is 0 Å². The predicted molar refractivity (Wildman–Crippen MR) is 73.5 cm³/mol. The molecule has 1 amide bonds. The van der Waals surface area contributed by atoms with Crippen LogP contribution in [-0.4, -0.2) is 30.9 Å². The highest BCUT2D eigenvalue weighted by Crippen LogP contribution is 2.16. The third-order valence-electron chi connectivity index (χ3n) is 3.47. The van der Waals surface area contributed by atoms with Crippen LogP contribution in [0, 0.1) is 5.92 Å². The number of amides is 1. The van der Waals surface area contributed by atoms with Gasteiger partial charge in [-0.3, -0.25) is 4.79 Å². The molecule has 1 aromatic carbocycles. The summed E-state index contributed by atoms with van der Waals surface area (Å²) in [6, 6.07) is 7.58. The van der Waals surface area contributed by atoms with Crippen molar-refractivity contribution in [3.05, 3.63) is 34.9 Å². The van der Waals surface area contributed by atoms with E-state index in [1.807, 2.05) is 24.3 Å². The van der Waals surface area contributed by atoms with Crippen LogP contribution >= 0.6 is 11.6 Å². The molecule has 1 aliphatic heterocycles. The van der Waals surface area contributed by atoms with Crippen molar-refractivity contribution < 1.29 is 4.79 Å². The molecule has 1 aliphatic rings. The Balaban J connectivity index is 1.79. The van der Waals surface area contributed by atoms with Gasteiger partial charge in [0.25, 0.3) is 0 Å². The zero-order chi connectivity index (χ0) is 13.0. The fourth-order valence-corrected chi connectivity index (χ4v) is 2.33. The van der Waals surface area contributed by atoms with Crippen LogP contribution in [0.5, 0.6) is 0 Å². The van der Waals surface area contributed by atoms with Crippen LogP contribution in [-0.2, 0) is 11.3 Å². The zero-order valence-corrected chi connectivity index (χ0v) is 11.4. The second-order valence-electron chi connectivity index (χ2n) is 4.92. The van der Waals surface area contributed by atoms with Crippen molar-refractivity contribution in [2.45, 2.75) is 19.4 Å². The Bertz CT molecular complexity index is 397. The van der Waals surface area contributed by atoms with Crippen molar-refractivity contribution in [2.75, 3.05) is 20.1 Å². The molecular formula is C14H19ClN2O. The van der Waals surface area contributed by atoms with Gasteiger partial charge in [0, 0.05) is 17.5 Å². The van der Waals surface area contributed by atoms with E-state index in [1.54, 1.807) is 0 Å². The van der Waals surface area contributed by atoms with Gasteiger partial charge in [-0.1, -0.05) is 23.7 Å². The van der Waals surface area contributed by atoms with E-state index in [2.05, 4.69) is 17.3 Å². The summed E-state index contributed by atoms with van der Waals surface area (Å²) in [4.78, 5) is 14.3. The summed E-state index contributed by atoms with van der Waals surface area (Å²) in [6.07, 6.45) is 1.92. The van der Waals surface area contributed by atoms with E-state index >= 15 is 0 Å². The van der Waals surface area contributed by atoms with Crippen LogP contribution in [0.2, 0.25) is 5.02 Å². The molecule has 18 heavy (non-hydrogen) atoms. The number of nitrogens with zero attached hydrogens (tertiary/aromatic N) is 1. The number of hydrogen-bond donors (Lipinski definition) is 1. The van der Waals surface area contributed by atoms with E-state index < -0.39 is 0 Å². The van der Waals surface area contributed by atoms with Crippen molar-refractivity contribution >= 4 is 17.5 Å². The molecule has 1 aromatic rings. The molecule has 2 rings (SSSR count). The summed E-state index contributed by atoms with van der Waals surface area (Å²) < 4.78 is 0. The summed E-state index contributed by atoms with van der Waals surface area (Å²) in [5.41, 5.74) is 1.08. The summed E-state index contributed by atoms with van der Waals surface area (Å²) in [5.74, 6) is 0.353. The molecule has 0 bridgehead atoms. The van der Waals surface area contributed by atoms with Gasteiger partial charge in [0.2, 0.25) is 5.91 Å². The van der Waals surface area contributed by atoms with Gasteiger partial charge in [-0.15, -0.1) is 0 Å². The number of rotatable bonds is 3. The van der Waals surface area contributed by atoms with Gasteiger partial charge in [0.1, 0.15) is 0 Å². The van der Waals surface area contributed by atoms with Gasteiger partial charge < -0.3 is 10.2 Å². The minimum absolute atomic E-state index is 0.175. The normalized spacial score (nSPS) is 17.7. The molecule has 1 N–H and O–H groups in total. The maximum atomic E-state index is 12.0. The molecule has 1 saturated heterocycles. The molecule has 1 fully saturated rings. The van der Waals surface area contributed by atoms with Gasteiger partial charge in [0.05, 0.1) is 0 Å². The number of hydrogen-bond acceptors (Lipinski definition) is 2. The van der Waals surface area contributed by atoms with Gasteiger partial charge >= 0.3 is 0 Å². The number of nitrogens with one attached hydrogen (secondary N) is 1. The summed E-state index contributed by atoms with van der Waals surface area (Å²) in [5, 5.41) is 3.73. The van der Waals surface area contributed by atoms with Gasteiger partial charge in [0.15, 0.2) is 0 Å². The smallest absolute Gasteiger partial charge is 0.223 e. The number of piperidine rings is 1. The lowest BCUT2D eigenvalue weighted by molar-refractivity contribution is -0.126. The topological polar surface area (TPSA) is 32.3 Å². The lowest BCUT2D eigenvalue weighted by atomic mass is 9.96. The molecule has 0 radical (unpaired) electrons. The molecule has 0 unspecified atom stereocenters. The molecule has 4 heteroatoms. The maximum Gasteiger partial charge on any atom is 0.223 e. The highest BCUT2D eigenvalue weighted by Gasteiger charge is 2.22. The fraction of sp³-hybridized carbons (Fsp3) is 0.500. The van der Waals surface area contributed by atoms with E-state index in [0.29, 0.717) is 6.54 Å². The quantitative estimate of drug-likeness (QED) is 0.911. The molecule has 3 nitrogen and oxygen atoms in total. The summed E-state index contributed by atoms with van der Waals surface area (Å²) in [7, 11) is 2.10. The number of halogens is 1. The first-order chi connectivity index (χ1) is 8.65. The summed E-state index contributed by atoms with van der Waals surface area (Å²) in [6.45, 7) is 2.61. The predicted octanol–water partition coefficient (Wildman–Crippen LogP) is 2.30. The van der Waals surface area contributed by atoms with Crippen LogP contribution in [0.4, 0.5) is 0 Å². The van der Waals surface area contributed by atoms with Crippen molar-refractivity contribution in [3.63, 3.8) is 0 Å². The van der Waals surface area contributed by atoms with E-state index in [0.717, 1.165) is 36.5 Å². The average Bonchev–Trinajstić information content (AvgIpc) is 2.38. The Morgan fingerprint density at radius 3 is 2.56 bits per heavy atom. The van der Waals surface area contributed by atoms with Crippen LogP contribution in [0.1, 0.15) is 18.4 Å². The largest absolute Gasteiger partial charge is 0.352 e. The minimum Gasteiger partial charge on any atom is -0.352 e. The Morgan fingerprint density at radius 1 is 1.33 bits per heavy atom. The number of carbonyl (C=O) groups is 1. The Kier molecular flexibility index (Phi) is 4.61. The van der Waals surface area contributed by atoms with E-state index in [4.69, 9.17) is 11.6 Å². The van der Waals surface area contributed by atoms with Crippen molar-refractivity contribution in [1.29, 1.82) is 0 Å². The van der Waals surface area contributed by atoms with E-state index in [-0.39, 0.29) is 11.8 Å². The minimum atomic E-state index is 0.175. The summed E-state index contributed by atoms with van der Waals surface area (Å²) >= 11 is 5.82. The van der Waals surface area contributed by atoms with Gasteiger partial charge in [-0.2, -0.15) is 0 Å². The second kappa shape index (κ2) is 6.21. The molecular weight excluding hydrogens is 248 g/mol. The molecule has 0 saturated carbocycles.